The van der Waals surface area contributed by atoms with Crippen LogP contribution in [0.2, 0.25) is 0 Å². The second-order valence-electron chi connectivity index (χ2n) is 7.12. The Morgan fingerprint density at radius 3 is 2.27 bits per heavy atom. The summed E-state index contributed by atoms with van der Waals surface area (Å²) in [6.07, 6.45) is 0.732. The lowest BCUT2D eigenvalue weighted by Gasteiger charge is -2.36. The standard InChI is InChI=1S/C21H23NO4/c1-5-6-16-11-13(2)17(14(3)12-16)18-19(24)21(26-20(18)25)7-9-22(10-8-21)15(4)23/h11-12,18H,7-10H2,1-4H3. The average molecular weight is 353 g/mol. The number of hydrogen-bond acceptors (Lipinski definition) is 4. The molecule has 5 nitrogen and oxygen atoms in total. The summed E-state index contributed by atoms with van der Waals surface area (Å²) in [7, 11) is 0. The Morgan fingerprint density at radius 2 is 1.77 bits per heavy atom. The molecule has 1 unspecified atom stereocenters. The SMILES string of the molecule is CC#Cc1cc(C)c(C2C(=O)OC3(CCN(C(C)=O)CC3)C2=O)c(C)c1. The smallest absolute Gasteiger partial charge is 0.322 e. The summed E-state index contributed by atoms with van der Waals surface area (Å²) in [4.78, 5) is 39.1. The lowest BCUT2D eigenvalue weighted by Crippen LogP contribution is -2.49. The molecule has 2 heterocycles. The number of ketones is 1. The van der Waals surface area contributed by atoms with Gasteiger partial charge in [-0.15, -0.1) is 5.92 Å². The van der Waals surface area contributed by atoms with Crippen molar-refractivity contribution in [2.75, 3.05) is 13.1 Å². The molecule has 1 amide bonds. The third kappa shape index (κ3) is 2.90. The highest BCUT2D eigenvalue weighted by molar-refractivity contribution is 6.14. The summed E-state index contributed by atoms with van der Waals surface area (Å²) in [6.45, 7) is 7.94. The van der Waals surface area contributed by atoms with Crippen molar-refractivity contribution in [1.29, 1.82) is 0 Å². The molecule has 26 heavy (non-hydrogen) atoms. The maximum atomic E-state index is 13.2. The van der Waals surface area contributed by atoms with E-state index in [1.54, 1.807) is 11.8 Å². The van der Waals surface area contributed by atoms with Crippen molar-refractivity contribution >= 4 is 17.7 Å². The number of piperidine rings is 1. The summed E-state index contributed by atoms with van der Waals surface area (Å²) < 4.78 is 5.63. The van der Waals surface area contributed by atoms with E-state index in [2.05, 4.69) is 11.8 Å². The summed E-state index contributed by atoms with van der Waals surface area (Å²) >= 11 is 0. The number of carbonyl (C=O) groups is 3. The lowest BCUT2D eigenvalue weighted by atomic mass is 9.79. The minimum absolute atomic E-state index is 0.0208. The third-order valence-corrected chi connectivity index (χ3v) is 5.41. The van der Waals surface area contributed by atoms with Gasteiger partial charge in [-0.2, -0.15) is 0 Å². The molecule has 2 aliphatic heterocycles. The number of esters is 1. The van der Waals surface area contributed by atoms with E-state index in [9.17, 15) is 14.4 Å². The van der Waals surface area contributed by atoms with Gasteiger partial charge in [-0.1, -0.05) is 5.92 Å². The summed E-state index contributed by atoms with van der Waals surface area (Å²) in [6, 6.07) is 3.81. The van der Waals surface area contributed by atoms with Gasteiger partial charge in [0.15, 0.2) is 11.4 Å². The first kappa shape index (κ1) is 18.2. The summed E-state index contributed by atoms with van der Waals surface area (Å²) in [5.41, 5.74) is 2.25. The first-order valence-electron chi connectivity index (χ1n) is 8.85. The predicted octanol–water partition coefficient (Wildman–Crippen LogP) is 2.27. The maximum Gasteiger partial charge on any atom is 0.322 e. The zero-order chi connectivity index (χ0) is 19.1. The molecule has 0 radical (unpaired) electrons. The van der Waals surface area contributed by atoms with Crippen molar-refractivity contribution in [3.05, 3.63) is 34.4 Å². The highest BCUT2D eigenvalue weighted by Gasteiger charge is 2.57. The second-order valence-corrected chi connectivity index (χ2v) is 7.12. The summed E-state index contributed by atoms with van der Waals surface area (Å²) in [5, 5.41) is 0. The van der Waals surface area contributed by atoms with Crippen LogP contribution in [0, 0.1) is 25.7 Å². The van der Waals surface area contributed by atoms with Crippen LogP contribution in [0.3, 0.4) is 0 Å². The van der Waals surface area contributed by atoms with Gasteiger partial charge in [0.2, 0.25) is 5.91 Å². The van der Waals surface area contributed by atoms with Gasteiger partial charge in [0.25, 0.3) is 0 Å². The average Bonchev–Trinajstić information content (AvgIpc) is 2.79. The Morgan fingerprint density at radius 1 is 1.19 bits per heavy atom. The fourth-order valence-electron chi connectivity index (χ4n) is 4.10. The van der Waals surface area contributed by atoms with Gasteiger partial charge in [0, 0.05) is 38.4 Å². The zero-order valence-corrected chi connectivity index (χ0v) is 15.6. The molecule has 2 saturated heterocycles. The Labute approximate surface area is 153 Å². The van der Waals surface area contributed by atoms with Crippen molar-refractivity contribution < 1.29 is 19.1 Å². The normalized spacial score (nSPS) is 21.4. The predicted molar refractivity (Wildman–Crippen MR) is 96.5 cm³/mol. The number of aryl methyl sites for hydroxylation is 2. The van der Waals surface area contributed by atoms with Crippen LogP contribution >= 0.6 is 0 Å². The molecule has 1 aromatic rings. The van der Waals surface area contributed by atoms with E-state index in [1.165, 1.54) is 6.92 Å². The van der Waals surface area contributed by atoms with Crippen molar-refractivity contribution in [3.63, 3.8) is 0 Å². The van der Waals surface area contributed by atoms with Gasteiger partial charge in [-0.3, -0.25) is 14.4 Å². The van der Waals surface area contributed by atoms with Crippen LogP contribution in [0.15, 0.2) is 12.1 Å². The van der Waals surface area contributed by atoms with Crippen molar-refractivity contribution in [3.8, 4) is 11.8 Å². The largest absolute Gasteiger partial charge is 0.450 e. The molecule has 1 spiro atoms. The second kappa shape index (κ2) is 6.60. The van der Waals surface area contributed by atoms with Crippen molar-refractivity contribution in [1.82, 2.24) is 4.90 Å². The first-order valence-corrected chi connectivity index (χ1v) is 8.85. The molecular formula is C21H23NO4. The van der Waals surface area contributed by atoms with Gasteiger partial charge in [0.1, 0.15) is 5.92 Å². The molecule has 3 rings (SSSR count). The molecule has 2 fully saturated rings. The van der Waals surface area contributed by atoms with Crippen molar-refractivity contribution in [2.24, 2.45) is 0 Å². The maximum absolute atomic E-state index is 13.2. The molecule has 0 aliphatic carbocycles. The molecule has 2 aliphatic rings. The first-order chi connectivity index (χ1) is 12.3. The van der Waals surface area contributed by atoms with Gasteiger partial charge in [-0.25, -0.2) is 0 Å². The van der Waals surface area contributed by atoms with Crippen LogP contribution in [0.1, 0.15) is 54.9 Å². The summed E-state index contributed by atoms with van der Waals surface area (Å²) in [5.74, 6) is 4.32. The van der Waals surface area contributed by atoms with E-state index >= 15 is 0 Å². The zero-order valence-electron chi connectivity index (χ0n) is 15.6. The number of hydrogen-bond donors (Lipinski definition) is 0. The van der Waals surface area contributed by atoms with E-state index in [1.807, 2.05) is 26.0 Å². The number of likely N-dealkylation sites (tertiary alicyclic amines) is 1. The number of ether oxygens (including phenoxy) is 1. The van der Waals surface area contributed by atoms with Gasteiger partial charge in [0.05, 0.1) is 0 Å². The number of Topliss-reactive ketones (excluding diaryl/α,β-unsaturated/α-hetero) is 1. The monoisotopic (exact) mass is 353 g/mol. The molecule has 0 bridgehead atoms. The van der Waals surface area contributed by atoms with E-state index in [4.69, 9.17) is 4.74 Å². The quantitative estimate of drug-likeness (QED) is 0.441. The minimum atomic E-state index is -1.09. The molecule has 136 valence electrons. The molecule has 5 heteroatoms. The Kier molecular flexibility index (Phi) is 4.62. The minimum Gasteiger partial charge on any atom is -0.450 e. The Hall–Kier alpha value is -2.61. The molecule has 1 atom stereocenters. The number of benzene rings is 1. The fourth-order valence-corrected chi connectivity index (χ4v) is 4.10. The van der Waals surface area contributed by atoms with Crippen LogP contribution < -0.4 is 0 Å². The number of rotatable bonds is 1. The number of amides is 1. The molecule has 0 aromatic heterocycles. The van der Waals surface area contributed by atoms with E-state index < -0.39 is 17.5 Å². The van der Waals surface area contributed by atoms with Gasteiger partial charge >= 0.3 is 5.97 Å². The van der Waals surface area contributed by atoms with Crippen LogP contribution in [0.4, 0.5) is 0 Å². The lowest BCUT2D eigenvalue weighted by molar-refractivity contribution is -0.157. The topological polar surface area (TPSA) is 63.7 Å². The fraction of sp³-hybridized carbons (Fsp3) is 0.476. The van der Waals surface area contributed by atoms with Crippen LogP contribution in [-0.4, -0.2) is 41.3 Å². The number of carbonyl (C=O) groups excluding carboxylic acids is 3. The molecule has 0 saturated carbocycles. The number of nitrogens with zero attached hydrogens (tertiary/aromatic N) is 1. The highest BCUT2D eigenvalue weighted by atomic mass is 16.6. The van der Waals surface area contributed by atoms with Crippen LogP contribution in [-0.2, 0) is 19.1 Å². The van der Waals surface area contributed by atoms with E-state index in [0.717, 1.165) is 22.3 Å². The third-order valence-electron chi connectivity index (χ3n) is 5.41. The van der Waals surface area contributed by atoms with E-state index in [-0.39, 0.29) is 11.7 Å². The molecule has 1 aromatic carbocycles. The van der Waals surface area contributed by atoms with E-state index in [0.29, 0.717) is 25.9 Å². The Bertz CT molecular complexity index is 827. The molecule has 0 N–H and O–H groups in total. The Balaban J connectivity index is 1.93. The van der Waals surface area contributed by atoms with Gasteiger partial charge in [-0.05, 0) is 49.6 Å². The van der Waals surface area contributed by atoms with Crippen molar-refractivity contribution in [2.45, 2.75) is 52.1 Å². The highest BCUT2D eigenvalue weighted by Crippen LogP contribution is 2.42. The van der Waals surface area contributed by atoms with Crippen LogP contribution in [0.5, 0.6) is 0 Å². The van der Waals surface area contributed by atoms with Gasteiger partial charge < -0.3 is 9.64 Å². The molecular weight excluding hydrogens is 330 g/mol. The van der Waals surface area contributed by atoms with Crippen LogP contribution in [0.25, 0.3) is 0 Å².